The van der Waals surface area contributed by atoms with Gasteiger partial charge in [0, 0.05) is 12.1 Å². The molecular formula is C12H23NO. The highest BCUT2D eigenvalue weighted by Gasteiger charge is 2.28. The van der Waals surface area contributed by atoms with Gasteiger partial charge in [0.2, 0.25) is 0 Å². The maximum absolute atomic E-state index is 6.34. The van der Waals surface area contributed by atoms with Crippen LogP contribution in [0.25, 0.3) is 0 Å². The molecule has 0 amide bonds. The Morgan fingerprint density at radius 1 is 1.07 bits per heavy atom. The van der Waals surface area contributed by atoms with Crippen LogP contribution < -0.4 is 5.73 Å². The summed E-state index contributed by atoms with van der Waals surface area (Å²) in [4.78, 5) is 0. The van der Waals surface area contributed by atoms with E-state index in [1.54, 1.807) is 0 Å². The quantitative estimate of drug-likeness (QED) is 0.703. The first-order chi connectivity index (χ1) is 6.79. The van der Waals surface area contributed by atoms with Gasteiger partial charge in [-0.2, -0.15) is 0 Å². The summed E-state index contributed by atoms with van der Waals surface area (Å²) < 4.78 is 5.73. The van der Waals surface area contributed by atoms with E-state index in [2.05, 4.69) is 0 Å². The molecule has 0 heterocycles. The van der Waals surface area contributed by atoms with E-state index in [4.69, 9.17) is 10.5 Å². The highest BCUT2D eigenvalue weighted by molar-refractivity contribution is 4.86. The van der Waals surface area contributed by atoms with E-state index in [-0.39, 0.29) is 5.54 Å². The predicted octanol–water partition coefficient (Wildman–Crippen LogP) is 2.46. The third kappa shape index (κ3) is 3.25. The Morgan fingerprint density at radius 2 is 1.71 bits per heavy atom. The maximum atomic E-state index is 6.34. The average Bonchev–Trinajstić information content (AvgIpc) is 2.94. The van der Waals surface area contributed by atoms with Crippen LogP contribution in [0.2, 0.25) is 0 Å². The lowest BCUT2D eigenvalue weighted by Gasteiger charge is -2.27. The second kappa shape index (κ2) is 4.63. The Labute approximate surface area is 87.2 Å². The van der Waals surface area contributed by atoms with Crippen molar-refractivity contribution in [2.24, 2.45) is 11.7 Å². The van der Waals surface area contributed by atoms with E-state index < -0.39 is 0 Å². The number of ether oxygens (including phenoxy) is 1. The number of hydrogen-bond donors (Lipinski definition) is 1. The van der Waals surface area contributed by atoms with Gasteiger partial charge in [-0.1, -0.05) is 25.7 Å². The Kier molecular flexibility index (Phi) is 3.45. The average molecular weight is 197 g/mol. The lowest BCUT2D eigenvalue weighted by atomic mass is 9.93. The van der Waals surface area contributed by atoms with Gasteiger partial charge in [-0.15, -0.1) is 0 Å². The Bertz CT molecular complexity index is 169. The largest absolute Gasteiger partial charge is 0.379 e. The van der Waals surface area contributed by atoms with Gasteiger partial charge in [0.1, 0.15) is 0 Å². The molecule has 2 aliphatic carbocycles. The molecule has 2 nitrogen and oxygen atoms in total. The third-order valence-electron chi connectivity index (χ3n) is 3.54. The molecule has 2 aliphatic rings. The lowest BCUT2D eigenvalue weighted by molar-refractivity contribution is 0.0710. The van der Waals surface area contributed by atoms with Gasteiger partial charge in [0.05, 0.1) is 6.61 Å². The molecule has 2 saturated carbocycles. The number of rotatable bonds is 4. The van der Waals surface area contributed by atoms with E-state index in [1.165, 1.54) is 38.5 Å². The van der Waals surface area contributed by atoms with Crippen molar-refractivity contribution in [2.45, 2.75) is 56.9 Å². The van der Waals surface area contributed by atoms with Gasteiger partial charge in [-0.3, -0.25) is 0 Å². The van der Waals surface area contributed by atoms with Crippen molar-refractivity contribution >= 4 is 0 Å². The van der Waals surface area contributed by atoms with E-state index in [9.17, 15) is 0 Å². The summed E-state index contributed by atoms with van der Waals surface area (Å²) in [6.45, 7) is 1.75. The van der Waals surface area contributed by atoms with Crippen molar-refractivity contribution in [1.82, 2.24) is 0 Å². The summed E-state index contributed by atoms with van der Waals surface area (Å²) in [7, 11) is 0. The van der Waals surface area contributed by atoms with Crippen LogP contribution in [0, 0.1) is 5.92 Å². The van der Waals surface area contributed by atoms with Gasteiger partial charge in [-0.05, 0) is 31.6 Å². The number of nitrogens with two attached hydrogens (primary N) is 1. The molecule has 0 radical (unpaired) electrons. The first-order valence-electron chi connectivity index (χ1n) is 6.15. The Morgan fingerprint density at radius 3 is 2.29 bits per heavy atom. The molecule has 2 rings (SSSR count). The maximum Gasteiger partial charge on any atom is 0.0646 e. The molecule has 0 spiro atoms. The molecule has 82 valence electrons. The molecule has 0 aromatic rings. The molecule has 2 heteroatoms. The van der Waals surface area contributed by atoms with E-state index in [1.807, 2.05) is 0 Å². The molecule has 2 N–H and O–H groups in total. The van der Waals surface area contributed by atoms with Crippen molar-refractivity contribution in [3.8, 4) is 0 Å². The predicted molar refractivity (Wildman–Crippen MR) is 58.2 cm³/mol. The van der Waals surface area contributed by atoms with Crippen LogP contribution in [0.4, 0.5) is 0 Å². The normalized spacial score (nSPS) is 27.2. The molecule has 0 aromatic carbocycles. The zero-order valence-electron chi connectivity index (χ0n) is 9.13. The van der Waals surface area contributed by atoms with Crippen LogP contribution in [0.3, 0.4) is 0 Å². The summed E-state index contributed by atoms with van der Waals surface area (Å²) in [5, 5.41) is 0. The minimum absolute atomic E-state index is 0.00535. The molecular weight excluding hydrogens is 174 g/mol. The molecule has 14 heavy (non-hydrogen) atoms. The summed E-state index contributed by atoms with van der Waals surface area (Å²) in [6.07, 6.45) is 10.4. The van der Waals surface area contributed by atoms with E-state index >= 15 is 0 Å². The summed E-state index contributed by atoms with van der Waals surface area (Å²) in [5.74, 6) is 0.865. The Balaban J connectivity index is 1.68. The molecule has 0 atom stereocenters. The highest BCUT2D eigenvalue weighted by Crippen LogP contribution is 2.30. The molecule has 0 aromatic heterocycles. The van der Waals surface area contributed by atoms with Gasteiger partial charge >= 0.3 is 0 Å². The van der Waals surface area contributed by atoms with E-state index in [0.29, 0.717) is 0 Å². The van der Waals surface area contributed by atoms with Crippen LogP contribution >= 0.6 is 0 Å². The number of hydrogen-bond acceptors (Lipinski definition) is 2. The zero-order valence-corrected chi connectivity index (χ0v) is 9.13. The topological polar surface area (TPSA) is 35.2 Å². The van der Waals surface area contributed by atoms with Crippen LogP contribution in [-0.2, 0) is 4.74 Å². The summed E-state index contributed by atoms with van der Waals surface area (Å²) in [5.41, 5.74) is 6.35. The van der Waals surface area contributed by atoms with Crippen molar-refractivity contribution in [3.63, 3.8) is 0 Å². The van der Waals surface area contributed by atoms with Gasteiger partial charge in [0.15, 0.2) is 0 Å². The van der Waals surface area contributed by atoms with Crippen molar-refractivity contribution < 1.29 is 4.74 Å². The van der Waals surface area contributed by atoms with E-state index in [0.717, 1.165) is 32.0 Å². The fraction of sp³-hybridized carbons (Fsp3) is 1.00. The lowest BCUT2D eigenvalue weighted by Crippen LogP contribution is -2.44. The first-order valence-corrected chi connectivity index (χ1v) is 6.15. The van der Waals surface area contributed by atoms with Crippen LogP contribution in [0.1, 0.15) is 51.4 Å². The van der Waals surface area contributed by atoms with Crippen molar-refractivity contribution in [3.05, 3.63) is 0 Å². The monoisotopic (exact) mass is 197 g/mol. The molecule has 2 fully saturated rings. The first kappa shape index (κ1) is 10.4. The highest BCUT2D eigenvalue weighted by atomic mass is 16.5. The standard InChI is InChI=1S/C12H23NO/c13-12(7-3-1-2-4-8-12)10-14-9-11-5-6-11/h11H,1-10,13H2. The third-order valence-corrected chi connectivity index (χ3v) is 3.54. The Hall–Kier alpha value is -0.0800. The van der Waals surface area contributed by atoms with Gasteiger partial charge < -0.3 is 10.5 Å². The van der Waals surface area contributed by atoms with Crippen LogP contribution in [0.5, 0.6) is 0 Å². The fourth-order valence-corrected chi connectivity index (χ4v) is 2.29. The van der Waals surface area contributed by atoms with Crippen molar-refractivity contribution in [2.75, 3.05) is 13.2 Å². The molecule has 0 unspecified atom stereocenters. The molecule has 0 saturated heterocycles. The summed E-state index contributed by atoms with van der Waals surface area (Å²) >= 11 is 0. The van der Waals surface area contributed by atoms with Crippen LogP contribution in [-0.4, -0.2) is 18.8 Å². The van der Waals surface area contributed by atoms with Crippen molar-refractivity contribution in [1.29, 1.82) is 0 Å². The second-order valence-electron chi connectivity index (χ2n) is 5.24. The second-order valence-corrected chi connectivity index (χ2v) is 5.24. The SMILES string of the molecule is NC1(COCC2CC2)CCCCCC1. The van der Waals surface area contributed by atoms with Crippen LogP contribution in [0.15, 0.2) is 0 Å². The smallest absolute Gasteiger partial charge is 0.0646 e. The van der Waals surface area contributed by atoms with Gasteiger partial charge in [-0.25, -0.2) is 0 Å². The molecule has 0 bridgehead atoms. The summed E-state index contributed by atoms with van der Waals surface area (Å²) in [6, 6.07) is 0. The minimum atomic E-state index is 0.00535. The molecule has 0 aliphatic heterocycles. The minimum Gasteiger partial charge on any atom is -0.379 e. The van der Waals surface area contributed by atoms with Gasteiger partial charge in [0.25, 0.3) is 0 Å². The zero-order chi connectivity index (χ0) is 9.86. The fourth-order valence-electron chi connectivity index (χ4n) is 2.29.